The smallest absolute Gasteiger partial charge is 0.330 e. The predicted octanol–water partition coefficient (Wildman–Crippen LogP) is 9.54. The van der Waals surface area contributed by atoms with Gasteiger partial charge in [0.15, 0.2) is 6.04 Å². The van der Waals surface area contributed by atoms with E-state index >= 15 is 0 Å². The summed E-state index contributed by atoms with van der Waals surface area (Å²) in [6.07, 6.45) is 31.9. The van der Waals surface area contributed by atoms with Gasteiger partial charge in [0, 0.05) is 24.3 Å². The van der Waals surface area contributed by atoms with Gasteiger partial charge in [0.25, 0.3) is 0 Å². The summed E-state index contributed by atoms with van der Waals surface area (Å²) >= 11 is 1.29. The van der Waals surface area contributed by atoms with E-state index in [1.165, 1.54) is 147 Å². The van der Waals surface area contributed by atoms with E-state index < -0.39 is 36.7 Å². The summed E-state index contributed by atoms with van der Waals surface area (Å²) < 4.78 is 15.8. The average molecular weight is 810 g/mol. The van der Waals surface area contributed by atoms with Crippen LogP contribution < -0.4 is 11.1 Å². The molecule has 54 heavy (non-hydrogen) atoms. The Morgan fingerprint density at radius 2 is 1.00 bits per heavy atom. The first-order valence-electron chi connectivity index (χ1n) is 21.5. The maximum absolute atomic E-state index is 12.7. The van der Waals surface area contributed by atoms with Gasteiger partial charge in [-0.3, -0.25) is 14.4 Å². The summed E-state index contributed by atoms with van der Waals surface area (Å²) in [6, 6.07) is -2.17. The molecule has 3 atom stereocenters. The van der Waals surface area contributed by atoms with Gasteiger partial charge >= 0.3 is 17.9 Å². The number of aliphatic hydroxyl groups excluding tert-OH is 1. The molecule has 0 aromatic rings. The quantitative estimate of drug-likeness (QED) is 0.0311. The minimum atomic E-state index is -1.20. The molecular formula is C42H81ClN2O8S. The van der Waals surface area contributed by atoms with Crippen molar-refractivity contribution < 1.29 is 38.5 Å². The van der Waals surface area contributed by atoms with Gasteiger partial charge in [-0.25, -0.2) is 4.79 Å². The van der Waals surface area contributed by atoms with Crippen LogP contribution in [0, 0.1) is 0 Å². The molecule has 0 aliphatic carbocycles. The Kier molecular flexibility index (Phi) is 41.5. The first kappa shape index (κ1) is 54.5. The molecule has 0 saturated heterocycles. The molecule has 0 aliphatic heterocycles. The Balaban J connectivity index is 0. The van der Waals surface area contributed by atoms with Gasteiger partial charge < -0.3 is 30.4 Å². The van der Waals surface area contributed by atoms with E-state index in [2.05, 4.69) is 23.9 Å². The van der Waals surface area contributed by atoms with Crippen molar-refractivity contribution in [3.05, 3.63) is 0 Å². The van der Waals surface area contributed by atoms with Crippen LogP contribution in [0.3, 0.4) is 0 Å². The number of amides is 1. The van der Waals surface area contributed by atoms with Crippen molar-refractivity contribution in [1.29, 1.82) is 0 Å². The van der Waals surface area contributed by atoms with E-state index in [1.807, 2.05) is 0 Å². The second-order valence-electron chi connectivity index (χ2n) is 14.7. The number of carbonyl (C=O) groups is 4. The fraction of sp³-hybridized carbons (Fsp3) is 0.905. The van der Waals surface area contributed by atoms with Gasteiger partial charge in [0.1, 0.15) is 12.7 Å². The highest BCUT2D eigenvalue weighted by molar-refractivity contribution is 7.99. The molecule has 10 nitrogen and oxygen atoms in total. The van der Waals surface area contributed by atoms with Gasteiger partial charge in [0.05, 0.1) is 19.8 Å². The number of aliphatic hydroxyl groups is 1. The average Bonchev–Trinajstić information content (AvgIpc) is 3.15. The molecule has 0 aromatic heterocycles. The topological polar surface area (TPSA) is 154 Å². The Bertz CT molecular complexity index is 900. The molecule has 0 saturated carbocycles. The summed E-state index contributed by atoms with van der Waals surface area (Å²) in [4.78, 5) is 49.4. The molecule has 0 aliphatic rings. The highest BCUT2D eigenvalue weighted by Crippen LogP contribution is 2.16. The second-order valence-corrected chi connectivity index (χ2v) is 15.8. The maximum Gasteiger partial charge on any atom is 0.330 e. The molecule has 0 heterocycles. The number of unbranched alkanes of at least 4 members (excludes halogenated alkanes) is 24. The fourth-order valence-electron chi connectivity index (χ4n) is 6.20. The van der Waals surface area contributed by atoms with E-state index in [0.717, 1.165) is 38.5 Å². The van der Waals surface area contributed by atoms with Crippen molar-refractivity contribution in [2.75, 3.05) is 31.8 Å². The van der Waals surface area contributed by atoms with Gasteiger partial charge in [0.2, 0.25) is 5.91 Å². The number of methoxy groups -OCH3 is 1. The first-order valence-corrected chi connectivity index (χ1v) is 22.6. The van der Waals surface area contributed by atoms with E-state index in [-0.39, 0.29) is 42.5 Å². The molecule has 4 N–H and O–H groups in total. The van der Waals surface area contributed by atoms with Crippen LogP contribution in [0.4, 0.5) is 0 Å². The van der Waals surface area contributed by atoms with Crippen molar-refractivity contribution in [2.45, 2.75) is 212 Å². The standard InChI is InChI=1S/C42H80N2O8S.ClH/c1-4-6-8-10-12-14-16-18-20-22-24-26-28-30-39(46)51-33-36(34-53-35-37(43)41(48)44-38(32-45)42(49)50-3)52-40(47)31-29-27-25-23-21-19-17-15-13-11-9-7-5-2;/h36-38,45H,4-35,43H2,1-3H3,(H,44,48);1H/t36?,37-,38-;/m0./s1. The van der Waals surface area contributed by atoms with Crippen LogP contribution in [0.1, 0.15) is 194 Å². The van der Waals surface area contributed by atoms with Crippen molar-refractivity contribution in [1.82, 2.24) is 5.32 Å². The maximum atomic E-state index is 12.7. The van der Waals surface area contributed by atoms with Crippen LogP contribution in [-0.4, -0.2) is 78.9 Å². The third-order valence-corrected chi connectivity index (χ3v) is 10.8. The van der Waals surface area contributed by atoms with E-state index in [1.54, 1.807) is 0 Å². The summed E-state index contributed by atoms with van der Waals surface area (Å²) in [5.41, 5.74) is 6.01. The van der Waals surface area contributed by atoms with E-state index in [0.29, 0.717) is 12.8 Å². The number of carbonyl (C=O) groups excluding carboxylic acids is 4. The summed E-state index contributed by atoms with van der Waals surface area (Å²) in [6.45, 7) is 3.84. The van der Waals surface area contributed by atoms with Crippen molar-refractivity contribution in [2.24, 2.45) is 5.73 Å². The van der Waals surface area contributed by atoms with Crippen LogP contribution in [-0.2, 0) is 33.4 Å². The second kappa shape index (κ2) is 41.1. The minimum Gasteiger partial charge on any atom is -0.467 e. The van der Waals surface area contributed by atoms with Gasteiger partial charge in [-0.15, -0.1) is 12.4 Å². The molecule has 0 radical (unpaired) electrons. The van der Waals surface area contributed by atoms with Crippen molar-refractivity contribution in [3.8, 4) is 0 Å². The van der Waals surface area contributed by atoms with Crippen LogP contribution >= 0.6 is 24.2 Å². The van der Waals surface area contributed by atoms with Gasteiger partial charge in [-0.05, 0) is 12.8 Å². The Morgan fingerprint density at radius 1 is 0.611 bits per heavy atom. The number of rotatable bonds is 39. The zero-order valence-corrected chi connectivity index (χ0v) is 36.2. The lowest BCUT2D eigenvalue weighted by Gasteiger charge is -2.20. The summed E-state index contributed by atoms with van der Waals surface area (Å²) in [5.74, 6) is -1.54. The fourth-order valence-corrected chi connectivity index (χ4v) is 7.16. The number of hydrogen-bond donors (Lipinski definition) is 3. The number of nitrogens with one attached hydrogen (secondary N) is 1. The lowest BCUT2D eigenvalue weighted by molar-refractivity contribution is -0.157. The minimum absolute atomic E-state index is 0. The third kappa shape index (κ3) is 34.9. The van der Waals surface area contributed by atoms with Crippen LogP contribution in [0.25, 0.3) is 0 Å². The zero-order chi connectivity index (χ0) is 39.2. The van der Waals surface area contributed by atoms with E-state index in [9.17, 15) is 24.3 Å². The highest BCUT2D eigenvalue weighted by Gasteiger charge is 2.24. The number of hydrogen-bond acceptors (Lipinski definition) is 10. The number of halogens is 1. The molecule has 0 aromatic carbocycles. The lowest BCUT2D eigenvalue weighted by atomic mass is 10.0. The lowest BCUT2D eigenvalue weighted by Crippen LogP contribution is -2.51. The summed E-state index contributed by atoms with van der Waals surface area (Å²) in [5, 5.41) is 11.8. The molecule has 0 spiro atoms. The molecule has 0 fully saturated rings. The zero-order valence-electron chi connectivity index (χ0n) is 34.6. The third-order valence-electron chi connectivity index (χ3n) is 9.62. The predicted molar refractivity (Wildman–Crippen MR) is 225 cm³/mol. The Labute approximate surface area is 340 Å². The van der Waals surface area contributed by atoms with Crippen LogP contribution in [0.15, 0.2) is 0 Å². The van der Waals surface area contributed by atoms with Gasteiger partial charge in [-0.2, -0.15) is 11.8 Å². The van der Waals surface area contributed by atoms with E-state index in [4.69, 9.17) is 15.2 Å². The Hall–Kier alpha value is -1.56. The van der Waals surface area contributed by atoms with Gasteiger partial charge in [-0.1, -0.05) is 168 Å². The molecule has 320 valence electrons. The molecule has 1 amide bonds. The first-order chi connectivity index (χ1) is 25.8. The number of esters is 3. The number of nitrogens with two attached hydrogens (primary N) is 1. The SMILES string of the molecule is CCCCCCCCCCCCCCCC(=O)OCC(CSC[C@H](N)C(=O)N[C@@H](CO)C(=O)OC)OC(=O)CCCCCCCCCCCCCCC.Cl. The normalized spacial score (nSPS) is 12.7. The van der Waals surface area contributed by atoms with Crippen LogP contribution in [0.2, 0.25) is 0 Å². The molecular weight excluding hydrogens is 728 g/mol. The van der Waals surface area contributed by atoms with Crippen molar-refractivity contribution in [3.63, 3.8) is 0 Å². The molecule has 0 rings (SSSR count). The number of thioether (sulfide) groups is 1. The molecule has 0 bridgehead atoms. The van der Waals surface area contributed by atoms with Crippen LogP contribution in [0.5, 0.6) is 0 Å². The largest absolute Gasteiger partial charge is 0.467 e. The highest BCUT2D eigenvalue weighted by atomic mass is 35.5. The summed E-state index contributed by atoms with van der Waals surface area (Å²) in [7, 11) is 1.17. The monoisotopic (exact) mass is 809 g/mol. The Morgan fingerprint density at radius 3 is 1.39 bits per heavy atom. The molecule has 12 heteroatoms. The number of ether oxygens (including phenoxy) is 3. The molecule has 1 unspecified atom stereocenters. The van der Waals surface area contributed by atoms with Crippen molar-refractivity contribution >= 4 is 48.0 Å².